The summed E-state index contributed by atoms with van der Waals surface area (Å²) in [5, 5.41) is -0.153. The van der Waals surface area contributed by atoms with Gasteiger partial charge in [-0.15, -0.1) is 11.8 Å². The molecule has 3 rings (SSSR count). The highest BCUT2D eigenvalue weighted by Crippen LogP contribution is 2.42. The van der Waals surface area contributed by atoms with Crippen molar-refractivity contribution in [1.29, 1.82) is 0 Å². The minimum atomic E-state index is -0.271. The number of hydrogen-bond acceptors (Lipinski definition) is 2. The molecule has 2 aromatic rings. The van der Waals surface area contributed by atoms with Crippen LogP contribution in [0, 0.1) is 12.7 Å². The van der Waals surface area contributed by atoms with E-state index in [1.807, 2.05) is 37.3 Å². The smallest absolute Gasteiger partial charge is 0.238 e. The van der Waals surface area contributed by atoms with Gasteiger partial charge in [0.15, 0.2) is 0 Å². The fraction of sp³-hybridized carbons (Fsp3) is 0.188. The molecule has 0 radical (unpaired) electrons. The molecule has 0 N–H and O–H groups in total. The third-order valence-electron chi connectivity index (χ3n) is 3.38. The second-order valence-electron chi connectivity index (χ2n) is 4.77. The number of amides is 1. The van der Waals surface area contributed by atoms with Crippen molar-refractivity contribution in [3.8, 4) is 0 Å². The molecular weight excluding hydrogens is 273 g/mol. The summed E-state index contributed by atoms with van der Waals surface area (Å²) in [4.78, 5) is 14.0. The molecule has 2 nitrogen and oxygen atoms in total. The van der Waals surface area contributed by atoms with Crippen molar-refractivity contribution in [3.63, 3.8) is 0 Å². The van der Waals surface area contributed by atoms with E-state index in [0.717, 1.165) is 16.8 Å². The fourth-order valence-corrected chi connectivity index (χ4v) is 3.58. The molecule has 102 valence electrons. The predicted molar refractivity (Wildman–Crippen MR) is 80.3 cm³/mol. The summed E-state index contributed by atoms with van der Waals surface area (Å²) in [6, 6.07) is 14.3. The summed E-state index contributed by atoms with van der Waals surface area (Å²) in [6.45, 7) is 1.98. The summed E-state index contributed by atoms with van der Waals surface area (Å²) < 4.78 is 13.4. The van der Waals surface area contributed by atoms with Gasteiger partial charge in [-0.3, -0.25) is 9.69 Å². The molecule has 4 heteroatoms. The van der Waals surface area contributed by atoms with Crippen LogP contribution in [0.2, 0.25) is 0 Å². The number of carbonyl (C=O) groups is 1. The number of para-hydroxylation sites is 1. The molecule has 0 aliphatic carbocycles. The molecule has 1 amide bonds. The fourth-order valence-electron chi connectivity index (χ4n) is 2.42. The molecule has 1 aliphatic rings. The van der Waals surface area contributed by atoms with Gasteiger partial charge in [0.05, 0.1) is 5.75 Å². The highest BCUT2D eigenvalue weighted by Gasteiger charge is 2.34. The van der Waals surface area contributed by atoms with Crippen LogP contribution in [-0.2, 0) is 4.79 Å². The lowest BCUT2D eigenvalue weighted by Gasteiger charge is -2.25. The van der Waals surface area contributed by atoms with E-state index in [1.165, 1.54) is 23.9 Å². The van der Waals surface area contributed by atoms with E-state index >= 15 is 0 Å². The van der Waals surface area contributed by atoms with Gasteiger partial charge in [-0.05, 0) is 36.2 Å². The van der Waals surface area contributed by atoms with Gasteiger partial charge < -0.3 is 0 Å². The van der Waals surface area contributed by atoms with Crippen molar-refractivity contribution >= 4 is 23.4 Å². The van der Waals surface area contributed by atoms with Crippen LogP contribution >= 0.6 is 11.8 Å². The Balaban J connectivity index is 2.03. The zero-order valence-electron chi connectivity index (χ0n) is 11.0. The quantitative estimate of drug-likeness (QED) is 0.834. The average Bonchev–Trinajstić information content (AvgIpc) is 2.81. The van der Waals surface area contributed by atoms with Gasteiger partial charge in [-0.2, -0.15) is 0 Å². The Hall–Kier alpha value is -1.81. The van der Waals surface area contributed by atoms with E-state index in [1.54, 1.807) is 11.0 Å². The number of rotatable bonds is 2. The first kappa shape index (κ1) is 13.2. The topological polar surface area (TPSA) is 20.3 Å². The minimum Gasteiger partial charge on any atom is -0.295 e. The van der Waals surface area contributed by atoms with Crippen molar-refractivity contribution in [1.82, 2.24) is 0 Å². The lowest BCUT2D eigenvalue weighted by Crippen LogP contribution is -2.28. The third-order valence-corrected chi connectivity index (χ3v) is 4.59. The summed E-state index contributed by atoms with van der Waals surface area (Å²) in [5.41, 5.74) is 2.77. The van der Waals surface area contributed by atoms with E-state index in [4.69, 9.17) is 0 Å². The maximum absolute atomic E-state index is 13.4. The van der Waals surface area contributed by atoms with Crippen LogP contribution in [0.5, 0.6) is 0 Å². The highest BCUT2D eigenvalue weighted by atomic mass is 32.2. The first-order valence-electron chi connectivity index (χ1n) is 6.41. The molecule has 1 aliphatic heterocycles. The molecule has 0 bridgehead atoms. The van der Waals surface area contributed by atoms with Crippen molar-refractivity contribution in [3.05, 3.63) is 65.5 Å². The van der Waals surface area contributed by atoms with Crippen molar-refractivity contribution in [2.75, 3.05) is 10.7 Å². The molecule has 0 spiro atoms. The number of carbonyl (C=O) groups excluding carboxylic acids is 1. The lowest BCUT2D eigenvalue weighted by atomic mass is 10.1. The Labute approximate surface area is 121 Å². The molecule has 1 heterocycles. The molecule has 1 fully saturated rings. The highest BCUT2D eigenvalue weighted by molar-refractivity contribution is 8.00. The van der Waals surface area contributed by atoms with E-state index in [-0.39, 0.29) is 17.1 Å². The normalized spacial score (nSPS) is 18.6. The second-order valence-corrected chi connectivity index (χ2v) is 5.84. The predicted octanol–water partition coefficient (Wildman–Crippen LogP) is 3.91. The molecule has 0 aromatic heterocycles. The zero-order chi connectivity index (χ0) is 14.1. The monoisotopic (exact) mass is 287 g/mol. The summed E-state index contributed by atoms with van der Waals surface area (Å²) >= 11 is 1.53. The van der Waals surface area contributed by atoms with Crippen LogP contribution in [0.1, 0.15) is 16.5 Å². The Morgan fingerprint density at radius 3 is 2.75 bits per heavy atom. The Bertz CT molecular complexity index is 658. The standard InChI is InChI=1S/C16H14FNOS/c1-11-5-2-3-8-14(11)18-15(19)10-20-16(18)12-6-4-7-13(17)9-12/h2-9,16H,10H2,1H3. The number of hydrogen-bond donors (Lipinski definition) is 0. The van der Waals surface area contributed by atoms with E-state index in [0.29, 0.717) is 5.75 Å². The van der Waals surface area contributed by atoms with Crippen molar-refractivity contribution < 1.29 is 9.18 Å². The molecule has 0 saturated carbocycles. The Morgan fingerprint density at radius 2 is 2.00 bits per heavy atom. The number of aryl methyl sites for hydroxylation is 1. The van der Waals surface area contributed by atoms with E-state index in [9.17, 15) is 9.18 Å². The maximum atomic E-state index is 13.4. The molecule has 1 unspecified atom stereocenters. The largest absolute Gasteiger partial charge is 0.295 e. The first-order valence-corrected chi connectivity index (χ1v) is 7.46. The number of benzene rings is 2. The lowest BCUT2D eigenvalue weighted by molar-refractivity contribution is -0.115. The van der Waals surface area contributed by atoms with Gasteiger partial charge in [0.2, 0.25) is 5.91 Å². The second kappa shape index (κ2) is 5.29. The number of thioether (sulfide) groups is 1. The van der Waals surface area contributed by atoms with Crippen LogP contribution in [-0.4, -0.2) is 11.7 Å². The van der Waals surface area contributed by atoms with Gasteiger partial charge in [0.25, 0.3) is 0 Å². The van der Waals surface area contributed by atoms with Gasteiger partial charge >= 0.3 is 0 Å². The SMILES string of the molecule is Cc1ccccc1N1C(=O)CSC1c1cccc(F)c1. The van der Waals surface area contributed by atoms with Crippen LogP contribution in [0.15, 0.2) is 48.5 Å². The summed E-state index contributed by atoms with van der Waals surface area (Å²) in [7, 11) is 0. The van der Waals surface area contributed by atoms with Crippen molar-refractivity contribution in [2.24, 2.45) is 0 Å². The average molecular weight is 287 g/mol. The van der Waals surface area contributed by atoms with Gasteiger partial charge in [-0.25, -0.2) is 4.39 Å². The minimum absolute atomic E-state index is 0.0681. The molecular formula is C16H14FNOS. The molecule has 1 atom stereocenters. The third kappa shape index (κ3) is 2.31. The number of anilines is 1. The van der Waals surface area contributed by atoms with E-state index in [2.05, 4.69) is 0 Å². The molecule has 20 heavy (non-hydrogen) atoms. The van der Waals surface area contributed by atoms with E-state index < -0.39 is 0 Å². The maximum Gasteiger partial charge on any atom is 0.238 e. The number of halogens is 1. The van der Waals surface area contributed by atoms with Crippen LogP contribution in [0.25, 0.3) is 0 Å². The van der Waals surface area contributed by atoms with Gasteiger partial charge in [0.1, 0.15) is 11.2 Å². The molecule has 2 aromatic carbocycles. The van der Waals surface area contributed by atoms with Crippen LogP contribution in [0.4, 0.5) is 10.1 Å². The Morgan fingerprint density at radius 1 is 1.20 bits per heavy atom. The van der Waals surface area contributed by atoms with Crippen molar-refractivity contribution in [2.45, 2.75) is 12.3 Å². The zero-order valence-corrected chi connectivity index (χ0v) is 11.9. The summed E-state index contributed by atoms with van der Waals surface area (Å²) in [6.07, 6.45) is 0. The van der Waals surface area contributed by atoms with Crippen LogP contribution < -0.4 is 4.90 Å². The van der Waals surface area contributed by atoms with Crippen LogP contribution in [0.3, 0.4) is 0 Å². The van der Waals surface area contributed by atoms with Gasteiger partial charge in [0, 0.05) is 5.69 Å². The first-order chi connectivity index (χ1) is 9.66. The molecule has 1 saturated heterocycles. The number of nitrogens with zero attached hydrogens (tertiary/aromatic N) is 1. The summed E-state index contributed by atoms with van der Waals surface area (Å²) in [5.74, 6) is 0.223. The van der Waals surface area contributed by atoms with Gasteiger partial charge in [-0.1, -0.05) is 30.3 Å². The Kier molecular flexibility index (Phi) is 3.49.